The second-order valence-corrected chi connectivity index (χ2v) is 7.30. The van der Waals surface area contributed by atoms with E-state index in [2.05, 4.69) is 11.0 Å². The third-order valence-corrected chi connectivity index (χ3v) is 5.12. The third kappa shape index (κ3) is 4.53. The van der Waals surface area contributed by atoms with Gasteiger partial charge in [0.1, 0.15) is 18.1 Å². The molecule has 0 fully saturated rings. The van der Waals surface area contributed by atoms with Gasteiger partial charge in [-0.25, -0.2) is 0 Å². The van der Waals surface area contributed by atoms with Crippen LogP contribution in [0.2, 0.25) is 0 Å². The van der Waals surface area contributed by atoms with Crippen molar-refractivity contribution < 1.29 is 14.9 Å². The van der Waals surface area contributed by atoms with Gasteiger partial charge in [0, 0.05) is 31.6 Å². The molecule has 0 amide bonds. The summed E-state index contributed by atoms with van der Waals surface area (Å²) in [5, 5.41) is 20.4. The van der Waals surface area contributed by atoms with Crippen molar-refractivity contribution in [2.75, 3.05) is 13.2 Å². The lowest BCUT2D eigenvalue weighted by atomic mass is 9.99. The minimum absolute atomic E-state index is 0.287. The molecule has 2 N–H and O–H groups in total. The minimum atomic E-state index is -0.546. The summed E-state index contributed by atoms with van der Waals surface area (Å²) >= 11 is 0. The first-order valence-corrected chi connectivity index (χ1v) is 9.65. The summed E-state index contributed by atoms with van der Waals surface area (Å²) in [6.07, 6.45) is 0.0449. The second-order valence-electron chi connectivity index (χ2n) is 7.30. The fourth-order valence-corrected chi connectivity index (χ4v) is 3.68. The number of aromatic hydroxyl groups is 1. The Morgan fingerprint density at radius 2 is 1.75 bits per heavy atom. The van der Waals surface area contributed by atoms with E-state index in [9.17, 15) is 10.2 Å². The number of hydrogen-bond acceptors (Lipinski definition) is 4. The van der Waals surface area contributed by atoms with Gasteiger partial charge in [-0.3, -0.25) is 4.90 Å². The standard InChI is InChI=1S/C24H25NO3/c26-22-8-4-7-19(13-22)16-25-11-12-28-24-10-9-20(15-21(24)17-25)23(27)14-18-5-2-1-3-6-18/h1-10,13,15,23,26-27H,11-12,14,16-17H2/t23-/m0/s1. The van der Waals surface area contributed by atoms with Gasteiger partial charge in [-0.2, -0.15) is 0 Å². The number of benzene rings is 3. The van der Waals surface area contributed by atoms with Crippen molar-refractivity contribution in [3.8, 4) is 11.5 Å². The summed E-state index contributed by atoms with van der Waals surface area (Å²) in [6, 6.07) is 23.4. The Balaban J connectivity index is 1.50. The van der Waals surface area contributed by atoms with Crippen LogP contribution in [0.1, 0.15) is 28.4 Å². The highest BCUT2D eigenvalue weighted by atomic mass is 16.5. The SMILES string of the molecule is Oc1cccc(CN2CCOc3ccc([C@@H](O)Cc4ccccc4)cc3C2)c1. The molecule has 4 heteroatoms. The van der Waals surface area contributed by atoms with Crippen LogP contribution in [0, 0.1) is 0 Å². The average molecular weight is 375 g/mol. The quantitative estimate of drug-likeness (QED) is 0.706. The number of aliphatic hydroxyl groups excluding tert-OH is 1. The number of fused-ring (bicyclic) bond motifs is 1. The lowest BCUT2D eigenvalue weighted by molar-refractivity contribution is 0.178. The van der Waals surface area contributed by atoms with E-state index in [1.54, 1.807) is 12.1 Å². The van der Waals surface area contributed by atoms with Crippen molar-refractivity contribution in [1.29, 1.82) is 0 Å². The van der Waals surface area contributed by atoms with Gasteiger partial charge in [-0.1, -0.05) is 48.5 Å². The first-order chi connectivity index (χ1) is 13.7. The molecule has 144 valence electrons. The van der Waals surface area contributed by atoms with Gasteiger partial charge in [0.15, 0.2) is 0 Å². The van der Waals surface area contributed by atoms with Gasteiger partial charge in [0.25, 0.3) is 0 Å². The summed E-state index contributed by atoms with van der Waals surface area (Å²) in [4.78, 5) is 2.30. The maximum atomic E-state index is 10.7. The molecule has 1 aliphatic rings. The van der Waals surface area contributed by atoms with E-state index in [-0.39, 0.29) is 5.75 Å². The van der Waals surface area contributed by atoms with Gasteiger partial charge in [-0.15, -0.1) is 0 Å². The molecule has 4 rings (SSSR count). The van der Waals surface area contributed by atoms with E-state index in [1.807, 2.05) is 54.6 Å². The van der Waals surface area contributed by atoms with Crippen molar-refractivity contribution in [2.24, 2.45) is 0 Å². The number of phenols is 1. The first-order valence-electron chi connectivity index (χ1n) is 9.65. The Kier molecular flexibility index (Phi) is 5.60. The molecule has 1 aliphatic heterocycles. The van der Waals surface area contributed by atoms with Crippen LogP contribution in [-0.2, 0) is 19.5 Å². The third-order valence-electron chi connectivity index (χ3n) is 5.12. The summed E-state index contributed by atoms with van der Waals surface area (Å²) in [6.45, 7) is 2.93. The molecule has 0 aromatic heterocycles. The molecule has 28 heavy (non-hydrogen) atoms. The predicted molar refractivity (Wildman–Crippen MR) is 109 cm³/mol. The molecular weight excluding hydrogens is 350 g/mol. The lowest BCUT2D eigenvalue weighted by Gasteiger charge is -2.20. The maximum absolute atomic E-state index is 10.7. The van der Waals surface area contributed by atoms with Gasteiger partial charge < -0.3 is 14.9 Å². The van der Waals surface area contributed by atoms with Crippen LogP contribution in [0.3, 0.4) is 0 Å². The van der Waals surface area contributed by atoms with Crippen molar-refractivity contribution in [1.82, 2.24) is 4.90 Å². The topological polar surface area (TPSA) is 52.9 Å². The van der Waals surface area contributed by atoms with Crippen LogP contribution < -0.4 is 4.74 Å². The predicted octanol–water partition coefficient (Wildman–Crippen LogP) is 4.06. The normalized spacial score (nSPS) is 15.3. The molecule has 1 atom stereocenters. The molecule has 3 aromatic rings. The molecule has 0 spiro atoms. The van der Waals surface area contributed by atoms with Crippen molar-refractivity contribution >= 4 is 0 Å². The number of aliphatic hydroxyl groups is 1. The summed E-state index contributed by atoms with van der Waals surface area (Å²) in [7, 11) is 0. The largest absolute Gasteiger partial charge is 0.508 e. The number of nitrogens with zero attached hydrogens (tertiary/aromatic N) is 1. The van der Waals surface area contributed by atoms with Crippen LogP contribution in [0.4, 0.5) is 0 Å². The molecule has 0 bridgehead atoms. The molecule has 0 saturated heterocycles. The molecular formula is C24H25NO3. The fraction of sp³-hybridized carbons (Fsp3) is 0.250. The van der Waals surface area contributed by atoms with E-state index in [0.29, 0.717) is 13.0 Å². The van der Waals surface area contributed by atoms with E-state index in [4.69, 9.17) is 4.74 Å². The molecule has 0 saturated carbocycles. The highest BCUT2D eigenvalue weighted by Gasteiger charge is 2.18. The zero-order valence-corrected chi connectivity index (χ0v) is 15.8. The molecule has 0 unspecified atom stereocenters. The monoisotopic (exact) mass is 375 g/mol. The Bertz CT molecular complexity index is 926. The zero-order valence-electron chi connectivity index (χ0n) is 15.8. The fourth-order valence-electron chi connectivity index (χ4n) is 3.68. The second kappa shape index (κ2) is 8.46. The van der Waals surface area contributed by atoms with Crippen molar-refractivity contribution in [3.63, 3.8) is 0 Å². The maximum Gasteiger partial charge on any atom is 0.123 e. The molecule has 1 heterocycles. The highest BCUT2D eigenvalue weighted by Crippen LogP contribution is 2.29. The van der Waals surface area contributed by atoms with Crippen LogP contribution in [-0.4, -0.2) is 28.3 Å². The molecule has 3 aromatic carbocycles. The van der Waals surface area contributed by atoms with Crippen LogP contribution in [0.5, 0.6) is 11.5 Å². The van der Waals surface area contributed by atoms with Crippen LogP contribution >= 0.6 is 0 Å². The van der Waals surface area contributed by atoms with Crippen LogP contribution in [0.25, 0.3) is 0 Å². The van der Waals surface area contributed by atoms with Gasteiger partial charge in [0.05, 0.1) is 6.10 Å². The average Bonchev–Trinajstić information content (AvgIpc) is 2.89. The highest BCUT2D eigenvalue weighted by molar-refractivity contribution is 5.39. The zero-order chi connectivity index (χ0) is 19.3. The lowest BCUT2D eigenvalue weighted by Crippen LogP contribution is -2.25. The molecule has 4 nitrogen and oxygen atoms in total. The van der Waals surface area contributed by atoms with Gasteiger partial charge in [-0.05, 0) is 41.0 Å². The Morgan fingerprint density at radius 1 is 0.929 bits per heavy atom. The van der Waals surface area contributed by atoms with Crippen molar-refractivity contribution in [3.05, 3.63) is 95.1 Å². The number of rotatable bonds is 5. The van der Waals surface area contributed by atoms with E-state index in [1.165, 1.54) is 0 Å². The first kappa shape index (κ1) is 18.5. The smallest absolute Gasteiger partial charge is 0.123 e. The molecule has 0 radical (unpaired) electrons. The molecule has 0 aliphatic carbocycles. The summed E-state index contributed by atoms with van der Waals surface area (Å²) < 4.78 is 5.92. The Hall–Kier alpha value is -2.82. The van der Waals surface area contributed by atoms with E-state index in [0.717, 1.165) is 47.6 Å². The van der Waals surface area contributed by atoms with E-state index < -0.39 is 6.10 Å². The van der Waals surface area contributed by atoms with E-state index >= 15 is 0 Å². The number of phenolic OH excluding ortho intramolecular Hbond substituents is 1. The van der Waals surface area contributed by atoms with Crippen molar-refractivity contribution in [2.45, 2.75) is 25.6 Å². The van der Waals surface area contributed by atoms with Crippen LogP contribution in [0.15, 0.2) is 72.8 Å². The Labute approximate surface area is 165 Å². The number of ether oxygens (including phenoxy) is 1. The Morgan fingerprint density at radius 3 is 2.57 bits per heavy atom. The number of hydrogen-bond donors (Lipinski definition) is 2. The summed E-state index contributed by atoms with van der Waals surface area (Å²) in [5.41, 5.74) is 4.18. The van der Waals surface area contributed by atoms with Gasteiger partial charge in [0.2, 0.25) is 0 Å². The summed E-state index contributed by atoms with van der Waals surface area (Å²) in [5.74, 6) is 1.17. The minimum Gasteiger partial charge on any atom is -0.508 e. The van der Waals surface area contributed by atoms with Gasteiger partial charge >= 0.3 is 0 Å².